The lowest BCUT2D eigenvalue weighted by Gasteiger charge is -2.06. The Morgan fingerprint density at radius 2 is 2.42 bits per heavy atom. The number of hydrogen-bond acceptors (Lipinski definition) is 4. The molecule has 66 valence electrons. The number of nitrogens with zero attached hydrogens (tertiary/aromatic N) is 2. The highest BCUT2D eigenvalue weighted by atomic mass is 35.5. The van der Waals surface area contributed by atoms with Crippen molar-refractivity contribution in [3.05, 3.63) is 17.5 Å². The lowest BCUT2D eigenvalue weighted by atomic mass is 10.4. The van der Waals surface area contributed by atoms with Gasteiger partial charge in [0.15, 0.2) is 0 Å². The number of anilines is 1. The molecule has 0 saturated heterocycles. The second kappa shape index (κ2) is 4.23. The molecule has 0 bridgehead atoms. The molecule has 0 aliphatic carbocycles. The van der Waals surface area contributed by atoms with Gasteiger partial charge in [-0.1, -0.05) is 11.6 Å². The molecular formula is C7H10ClN3O. The van der Waals surface area contributed by atoms with E-state index < -0.39 is 6.10 Å². The van der Waals surface area contributed by atoms with Crippen LogP contribution in [0.5, 0.6) is 0 Å². The summed E-state index contributed by atoms with van der Waals surface area (Å²) in [6.07, 6.45) is 0.964. The van der Waals surface area contributed by atoms with E-state index in [2.05, 4.69) is 15.3 Å². The van der Waals surface area contributed by atoms with Crippen molar-refractivity contribution in [1.29, 1.82) is 0 Å². The summed E-state index contributed by atoms with van der Waals surface area (Å²) in [7, 11) is 0. The van der Waals surface area contributed by atoms with Crippen LogP contribution in [0.25, 0.3) is 0 Å². The van der Waals surface area contributed by atoms with Crippen LogP contribution in [-0.4, -0.2) is 27.7 Å². The summed E-state index contributed by atoms with van der Waals surface area (Å²) in [5.41, 5.74) is 0. The van der Waals surface area contributed by atoms with Gasteiger partial charge in [0.1, 0.15) is 17.3 Å². The third-order valence-electron chi connectivity index (χ3n) is 1.21. The van der Waals surface area contributed by atoms with Crippen molar-refractivity contribution in [3.63, 3.8) is 0 Å². The van der Waals surface area contributed by atoms with Crippen LogP contribution in [0.4, 0.5) is 5.82 Å². The molecular weight excluding hydrogens is 178 g/mol. The normalized spacial score (nSPS) is 12.6. The van der Waals surface area contributed by atoms with Gasteiger partial charge in [0.2, 0.25) is 0 Å². The van der Waals surface area contributed by atoms with Gasteiger partial charge in [0.05, 0.1) is 6.10 Å². The van der Waals surface area contributed by atoms with E-state index in [9.17, 15) is 0 Å². The fourth-order valence-corrected chi connectivity index (χ4v) is 0.830. The monoisotopic (exact) mass is 187 g/mol. The van der Waals surface area contributed by atoms with Gasteiger partial charge in [-0.05, 0) is 6.92 Å². The number of aromatic nitrogens is 2. The van der Waals surface area contributed by atoms with E-state index in [1.807, 2.05) is 0 Å². The van der Waals surface area contributed by atoms with E-state index in [0.29, 0.717) is 17.5 Å². The Hall–Kier alpha value is -0.870. The maximum atomic E-state index is 8.94. The number of hydrogen-bond donors (Lipinski definition) is 2. The van der Waals surface area contributed by atoms with E-state index in [-0.39, 0.29) is 0 Å². The quantitative estimate of drug-likeness (QED) is 0.691. The Bertz CT molecular complexity index is 254. The maximum Gasteiger partial charge on any atom is 0.134 e. The molecule has 0 saturated carbocycles. The van der Waals surface area contributed by atoms with Gasteiger partial charge >= 0.3 is 0 Å². The third kappa shape index (κ3) is 3.02. The molecule has 1 heterocycles. The summed E-state index contributed by atoms with van der Waals surface area (Å²) in [5, 5.41) is 12.2. The summed E-state index contributed by atoms with van der Waals surface area (Å²) >= 11 is 5.61. The zero-order chi connectivity index (χ0) is 8.97. The second-order valence-corrected chi connectivity index (χ2v) is 2.84. The van der Waals surface area contributed by atoms with Gasteiger partial charge in [-0.2, -0.15) is 0 Å². The van der Waals surface area contributed by atoms with Gasteiger partial charge in [-0.25, -0.2) is 9.97 Å². The average molecular weight is 188 g/mol. The molecule has 0 spiro atoms. The highest BCUT2D eigenvalue weighted by Crippen LogP contribution is 2.07. The average Bonchev–Trinajstić information content (AvgIpc) is 2.01. The van der Waals surface area contributed by atoms with Gasteiger partial charge in [0, 0.05) is 12.6 Å². The standard InChI is InChI=1S/C7H10ClN3O/c1-5(12)3-9-7-2-6(8)10-4-11-7/h2,4-5,12H,3H2,1H3,(H,9,10,11). The van der Waals surface area contributed by atoms with E-state index in [4.69, 9.17) is 16.7 Å². The SMILES string of the molecule is CC(O)CNc1cc(Cl)ncn1. The Labute approximate surface area is 75.6 Å². The first kappa shape index (κ1) is 9.22. The predicted molar refractivity (Wildman–Crippen MR) is 47.2 cm³/mol. The Balaban J connectivity index is 2.52. The minimum atomic E-state index is -0.404. The maximum absolute atomic E-state index is 8.94. The predicted octanol–water partition coefficient (Wildman–Crippen LogP) is 0.923. The molecule has 1 unspecified atom stereocenters. The van der Waals surface area contributed by atoms with Crippen LogP contribution < -0.4 is 5.32 Å². The number of nitrogens with one attached hydrogen (secondary N) is 1. The Morgan fingerprint density at radius 1 is 1.67 bits per heavy atom. The van der Waals surface area contributed by atoms with Crippen molar-refractivity contribution in [1.82, 2.24) is 9.97 Å². The first-order valence-electron chi connectivity index (χ1n) is 3.58. The molecule has 0 aliphatic heterocycles. The highest BCUT2D eigenvalue weighted by molar-refractivity contribution is 6.29. The molecule has 0 amide bonds. The molecule has 0 aliphatic rings. The van der Waals surface area contributed by atoms with Gasteiger partial charge in [-0.3, -0.25) is 0 Å². The van der Waals surface area contributed by atoms with Crippen molar-refractivity contribution in [2.45, 2.75) is 13.0 Å². The van der Waals surface area contributed by atoms with E-state index >= 15 is 0 Å². The van der Waals surface area contributed by atoms with Crippen molar-refractivity contribution in [2.75, 3.05) is 11.9 Å². The number of halogens is 1. The molecule has 12 heavy (non-hydrogen) atoms. The zero-order valence-corrected chi connectivity index (χ0v) is 7.41. The van der Waals surface area contributed by atoms with Gasteiger partial charge in [-0.15, -0.1) is 0 Å². The fraction of sp³-hybridized carbons (Fsp3) is 0.429. The lowest BCUT2D eigenvalue weighted by molar-refractivity contribution is 0.208. The molecule has 1 atom stereocenters. The van der Waals surface area contributed by atoms with E-state index in [1.165, 1.54) is 6.33 Å². The van der Waals surface area contributed by atoms with E-state index in [0.717, 1.165) is 0 Å². The third-order valence-corrected chi connectivity index (χ3v) is 1.42. The van der Waals surface area contributed by atoms with Crippen LogP contribution in [0.1, 0.15) is 6.92 Å². The zero-order valence-electron chi connectivity index (χ0n) is 6.66. The fourth-order valence-electron chi connectivity index (χ4n) is 0.683. The number of aliphatic hydroxyl groups is 1. The molecule has 1 aromatic rings. The second-order valence-electron chi connectivity index (χ2n) is 2.46. The number of aliphatic hydroxyl groups excluding tert-OH is 1. The minimum Gasteiger partial charge on any atom is -0.392 e. The minimum absolute atomic E-state index is 0.387. The van der Waals surface area contributed by atoms with Crippen LogP contribution in [0.15, 0.2) is 12.4 Å². The van der Waals surface area contributed by atoms with Crippen LogP contribution in [0.3, 0.4) is 0 Å². The first-order chi connectivity index (χ1) is 5.68. The summed E-state index contributed by atoms with van der Waals surface area (Å²) < 4.78 is 0. The van der Waals surface area contributed by atoms with E-state index in [1.54, 1.807) is 13.0 Å². The van der Waals surface area contributed by atoms with Crippen LogP contribution in [0.2, 0.25) is 5.15 Å². The van der Waals surface area contributed by atoms with Gasteiger partial charge < -0.3 is 10.4 Å². The summed E-state index contributed by atoms with van der Waals surface area (Å²) in [6.45, 7) is 2.14. The smallest absolute Gasteiger partial charge is 0.134 e. The highest BCUT2D eigenvalue weighted by Gasteiger charge is 1.97. The Morgan fingerprint density at radius 3 is 3.00 bits per heavy atom. The van der Waals surface area contributed by atoms with Crippen molar-refractivity contribution >= 4 is 17.4 Å². The summed E-state index contributed by atoms with van der Waals surface area (Å²) in [5.74, 6) is 0.621. The lowest BCUT2D eigenvalue weighted by Crippen LogP contribution is -2.15. The van der Waals surface area contributed by atoms with Crippen molar-refractivity contribution in [3.8, 4) is 0 Å². The number of rotatable bonds is 3. The molecule has 4 nitrogen and oxygen atoms in total. The molecule has 1 rings (SSSR count). The van der Waals surface area contributed by atoms with Crippen molar-refractivity contribution < 1.29 is 5.11 Å². The molecule has 0 aromatic carbocycles. The Kier molecular flexibility index (Phi) is 3.25. The van der Waals surface area contributed by atoms with Crippen LogP contribution in [0, 0.1) is 0 Å². The molecule has 0 fully saturated rings. The first-order valence-corrected chi connectivity index (χ1v) is 3.96. The molecule has 0 radical (unpaired) electrons. The van der Waals surface area contributed by atoms with Gasteiger partial charge in [0.25, 0.3) is 0 Å². The van der Waals surface area contributed by atoms with Crippen LogP contribution in [-0.2, 0) is 0 Å². The molecule has 2 N–H and O–H groups in total. The molecule has 5 heteroatoms. The van der Waals surface area contributed by atoms with Crippen LogP contribution >= 0.6 is 11.6 Å². The van der Waals surface area contributed by atoms with Crippen molar-refractivity contribution in [2.24, 2.45) is 0 Å². The molecule has 1 aromatic heterocycles. The summed E-state index contributed by atoms with van der Waals surface area (Å²) in [6, 6.07) is 1.60. The largest absolute Gasteiger partial charge is 0.392 e. The summed E-state index contributed by atoms with van der Waals surface area (Å²) in [4.78, 5) is 7.61. The topological polar surface area (TPSA) is 58.0 Å².